The number of nitrogens with two attached hydrogens (primary N) is 1. The number of aryl methyl sites for hydroxylation is 1. The van der Waals surface area contributed by atoms with Gasteiger partial charge in [0, 0.05) is 10.6 Å². The van der Waals surface area contributed by atoms with Crippen LogP contribution in [-0.2, 0) is 0 Å². The smallest absolute Gasteiger partial charge is 0.142 e. The van der Waals surface area contributed by atoms with Crippen LogP contribution in [0.2, 0.25) is 0 Å². The van der Waals surface area contributed by atoms with Crippen LogP contribution >= 0.6 is 11.8 Å². The third kappa shape index (κ3) is 4.52. The number of thioether (sulfide) groups is 1. The molecule has 0 heterocycles. The summed E-state index contributed by atoms with van der Waals surface area (Å²) in [5.41, 5.74) is 7.82. The molecular weight excluding hydrogens is 254 g/mol. The van der Waals surface area contributed by atoms with E-state index in [1.54, 1.807) is 0 Å². The highest BCUT2D eigenvalue weighted by molar-refractivity contribution is 7.99. The maximum absolute atomic E-state index is 5.81. The second-order valence-corrected chi connectivity index (χ2v) is 5.57. The summed E-state index contributed by atoms with van der Waals surface area (Å²) in [4.78, 5) is 1.32. The first-order valence-electron chi connectivity index (χ1n) is 6.42. The Morgan fingerprint density at radius 1 is 1.11 bits per heavy atom. The first-order valence-corrected chi connectivity index (χ1v) is 7.41. The number of rotatable bonds is 6. The van der Waals surface area contributed by atoms with E-state index in [9.17, 15) is 0 Å². The fraction of sp³-hybridized carbons (Fsp3) is 0.250. The van der Waals surface area contributed by atoms with Gasteiger partial charge in [-0.05, 0) is 37.6 Å². The minimum absolute atomic E-state index is 0.701. The normalized spacial score (nSPS) is 10.4. The summed E-state index contributed by atoms with van der Waals surface area (Å²) in [5, 5.41) is 0. The molecular formula is C16H19NOS. The van der Waals surface area contributed by atoms with Crippen molar-refractivity contribution in [3.63, 3.8) is 0 Å². The zero-order chi connectivity index (χ0) is 13.5. The van der Waals surface area contributed by atoms with Crippen molar-refractivity contribution in [2.45, 2.75) is 18.2 Å². The van der Waals surface area contributed by atoms with Gasteiger partial charge in [-0.1, -0.05) is 29.8 Å². The Balaban J connectivity index is 1.69. The molecule has 3 heteroatoms. The zero-order valence-electron chi connectivity index (χ0n) is 11.1. The Hall–Kier alpha value is -1.61. The van der Waals surface area contributed by atoms with E-state index >= 15 is 0 Å². The first kappa shape index (κ1) is 13.8. The minimum atomic E-state index is 0.701. The lowest BCUT2D eigenvalue weighted by Gasteiger charge is -2.08. The van der Waals surface area contributed by atoms with Gasteiger partial charge in [-0.3, -0.25) is 0 Å². The van der Waals surface area contributed by atoms with Gasteiger partial charge in [-0.25, -0.2) is 0 Å². The number of anilines is 1. The van der Waals surface area contributed by atoms with Gasteiger partial charge in [0.2, 0.25) is 0 Å². The van der Waals surface area contributed by atoms with Crippen molar-refractivity contribution in [1.29, 1.82) is 0 Å². The van der Waals surface area contributed by atoms with Crippen molar-refractivity contribution in [2.75, 3.05) is 18.1 Å². The molecule has 2 rings (SSSR count). The Labute approximate surface area is 119 Å². The van der Waals surface area contributed by atoms with Crippen molar-refractivity contribution < 1.29 is 4.74 Å². The van der Waals surface area contributed by atoms with Gasteiger partial charge >= 0.3 is 0 Å². The molecule has 0 saturated heterocycles. The van der Waals surface area contributed by atoms with Gasteiger partial charge in [0.25, 0.3) is 0 Å². The molecule has 0 aliphatic heterocycles. The molecule has 0 spiro atoms. The lowest BCUT2D eigenvalue weighted by Crippen LogP contribution is -2.01. The lowest BCUT2D eigenvalue weighted by atomic mass is 10.2. The monoisotopic (exact) mass is 273 g/mol. The number of para-hydroxylation sites is 2. The van der Waals surface area contributed by atoms with Gasteiger partial charge in [-0.2, -0.15) is 0 Å². The topological polar surface area (TPSA) is 35.2 Å². The number of benzene rings is 2. The van der Waals surface area contributed by atoms with Gasteiger partial charge in [0.15, 0.2) is 0 Å². The third-order valence-electron chi connectivity index (χ3n) is 2.72. The van der Waals surface area contributed by atoms with Crippen molar-refractivity contribution >= 4 is 17.4 Å². The molecule has 0 fully saturated rings. The van der Waals surface area contributed by atoms with Crippen molar-refractivity contribution in [2.24, 2.45) is 0 Å². The van der Waals surface area contributed by atoms with E-state index < -0.39 is 0 Å². The average Bonchev–Trinajstić information content (AvgIpc) is 2.40. The molecule has 0 amide bonds. The lowest BCUT2D eigenvalue weighted by molar-refractivity contribution is 0.320. The molecule has 19 heavy (non-hydrogen) atoms. The van der Waals surface area contributed by atoms with Crippen LogP contribution in [0.15, 0.2) is 53.4 Å². The largest absolute Gasteiger partial charge is 0.491 e. The van der Waals surface area contributed by atoms with Crippen LogP contribution in [0.1, 0.15) is 12.0 Å². The third-order valence-corrected chi connectivity index (χ3v) is 3.80. The summed E-state index contributed by atoms with van der Waals surface area (Å²) in [7, 11) is 0. The maximum Gasteiger partial charge on any atom is 0.142 e. The molecule has 0 atom stereocenters. The molecule has 0 aliphatic rings. The minimum Gasteiger partial charge on any atom is -0.491 e. The fourth-order valence-electron chi connectivity index (χ4n) is 1.75. The van der Waals surface area contributed by atoms with Crippen molar-refractivity contribution in [3.8, 4) is 5.75 Å². The highest BCUT2D eigenvalue weighted by Crippen LogP contribution is 2.22. The molecule has 0 unspecified atom stereocenters. The average molecular weight is 273 g/mol. The SMILES string of the molecule is Cc1cccc(SCCCOc2ccccc2N)c1. The molecule has 0 aliphatic carbocycles. The van der Waals surface area contributed by atoms with Crippen molar-refractivity contribution in [1.82, 2.24) is 0 Å². The van der Waals surface area contributed by atoms with Gasteiger partial charge < -0.3 is 10.5 Å². The molecule has 0 saturated carbocycles. The van der Waals surface area contributed by atoms with E-state index in [4.69, 9.17) is 10.5 Å². The highest BCUT2D eigenvalue weighted by atomic mass is 32.2. The van der Waals surface area contributed by atoms with E-state index in [0.717, 1.165) is 17.9 Å². The number of nitrogen functional groups attached to an aromatic ring is 1. The second-order valence-electron chi connectivity index (χ2n) is 4.40. The van der Waals surface area contributed by atoms with Crippen LogP contribution in [0, 0.1) is 6.92 Å². The molecule has 2 nitrogen and oxygen atoms in total. The van der Waals surface area contributed by atoms with E-state index in [-0.39, 0.29) is 0 Å². The van der Waals surface area contributed by atoms with Crippen molar-refractivity contribution in [3.05, 3.63) is 54.1 Å². The Morgan fingerprint density at radius 3 is 2.74 bits per heavy atom. The second kappa shape index (κ2) is 7.10. The van der Waals surface area contributed by atoms with Crippen LogP contribution in [0.5, 0.6) is 5.75 Å². The van der Waals surface area contributed by atoms with Crippen LogP contribution < -0.4 is 10.5 Å². The summed E-state index contributed by atoms with van der Waals surface area (Å²) in [5.74, 6) is 1.83. The summed E-state index contributed by atoms with van der Waals surface area (Å²) in [6.45, 7) is 2.82. The Kier molecular flexibility index (Phi) is 5.16. The van der Waals surface area contributed by atoms with Gasteiger partial charge in [0.05, 0.1) is 12.3 Å². The molecule has 0 aromatic heterocycles. The number of hydrogen-bond acceptors (Lipinski definition) is 3. The summed E-state index contributed by atoms with van der Waals surface area (Å²) in [6, 6.07) is 16.2. The molecule has 100 valence electrons. The van der Waals surface area contributed by atoms with Crippen LogP contribution in [-0.4, -0.2) is 12.4 Å². The maximum atomic E-state index is 5.81. The van der Waals surface area contributed by atoms with Gasteiger partial charge in [0.1, 0.15) is 5.75 Å². The highest BCUT2D eigenvalue weighted by Gasteiger charge is 1.99. The van der Waals surface area contributed by atoms with Crippen LogP contribution in [0.3, 0.4) is 0 Å². The summed E-state index contributed by atoms with van der Waals surface area (Å²) >= 11 is 1.86. The standard InChI is InChI=1S/C16H19NOS/c1-13-6-4-7-14(12-13)19-11-5-10-18-16-9-3-2-8-15(16)17/h2-4,6-9,12H,5,10-11,17H2,1H3. The molecule has 2 N–H and O–H groups in total. The fourth-order valence-corrected chi connectivity index (χ4v) is 2.69. The number of ether oxygens (including phenoxy) is 1. The summed E-state index contributed by atoms with van der Waals surface area (Å²) in [6.07, 6.45) is 1.01. The van der Waals surface area contributed by atoms with E-state index in [2.05, 4.69) is 31.2 Å². The first-order chi connectivity index (χ1) is 9.25. The van der Waals surface area contributed by atoms with Crippen LogP contribution in [0.25, 0.3) is 0 Å². The number of hydrogen-bond donors (Lipinski definition) is 1. The van der Waals surface area contributed by atoms with Crippen LogP contribution in [0.4, 0.5) is 5.69 Å². The predicted molar refractivity (Wildman–Crippen MR) is 82.9 cm³/mol. The molecule has 2 aromatic carbocycles. The Bertz CT molecular complexity index is 528. The predicted octanol–water partition coefficient (Wildman–Crippen LogP) is 4.14. The molecule has 0 radical (unpaired) electrons. The van der Waals surface area contributed by atoms with E-state index in [1.807, 2.05) is 36.0 Å². The van der Waals surface area contributed by atoms with E-state index in [1.165, 1.54) is 10.5 Å². The van der Waals surface area contributed by atoms with Gasteiger partial charge in [-0.15, -0.1) is 11.8 Å². The van der Waals surface area contributed by atoms with E-state index in [0.29, 0.717) is 12.3 Å². The summed E-state index contributed by atoms with van der Waals surface area (Å²) < 4.78 is 5.66. The molecule has 0 bridgehead atoms. The molecule has 2 aromatic rings. The Morgan fingerprint density at radius 2 is 1.95 bits per heavy atom. The quantitative estimate of drug-likeness (QED) is 0.488. The zero-order valence-corrected chi connectivity index (χ0v) is 12.0.